The van der Waals surface area contributed by atoms with Gasteiger partial charge in [-0.1, -0.05) is 69.5 Å². The average molecular weight is 466 g/mol. The molecule has 138 valence electrons. The molecule has 0 amide bonds. The summed E-state index contributed by atoms with van der Waals surface area (Å²) < 4.78 is 12.2. The van der Waals surface area contributed by atoms with Crippen molar-refractivity contribution in [1.29, 1.82) is 0 Å². The van der Waals surface area contributed by atoms with Crippen LogP contribution >= 0.6 is 39.1 Å². The maximum absolute atomic E-state index is 12.5. The fraction of sp³-hybridized carbons (Fsp3) is 0.0952. The van der Waals surface area contributed by atoms with Crippen LogP contribution in [0.2, 0.25) is 10.0 Å². The number of hydrogen-bond donors (Lipinski definition) is 0. The van der Waals surface area contributed by atoms with Gasteiger partial charge in [-0.15, -0.1) is 0 Å². The van der Waals surface area contributed by atoms with Crippen LogP contribution in [0.1, 0.15) is 21.5 Å². The van der Waals surface area contributed by atoms with E-state index in [0.717, 1.165) is 15.6 Å². The number of hydrogen-bond acceptors (Lipinski definition) is 3. The van der Waals surface area contributed by atoms with Gasteiger partial charge in [-0.05, 0) is 42.0 Å². The molecule has 3 nitrogen and oxygen atoms in total. The van der Waals surface area contributed by atoms with Crippen LogP contribution in [-0.4, -0.2) is 5.97 Å². The second-order valence-electron chi connectivity index (χ2n) is 5.72. The lowest BCUT2D eigenvalue weighted by Gasteiger charge is -2.12. The number of carbonyl (C=O) groups is 1. The van der Waals surface area contributed by atoms with E-state index in [1.165, 1.54) is 0 Å². The molecule has 0 radical (unpaired) electrons. The molecule has 0 bridgehead atoms. The summed E-state index contributed by atoms with van der Waals surface area (Å²) >= 11 is 15.4. The molecule has 3 rings (SSSR count). The van der Waals surface area contributed by atoms with E-state index in [1.54, 1.807) is 42.5 Å². The van der Waals surface area contributed by atoms with Gasteiger partial charge in [0.25, 0.3) is 0 Å². The van der Waals surface area contributed by atoms with E-state index in [-0.39, 0.29) is 13.2 Å². The van der Waals surface area contributed by atoms with Gasteiger partial charge in [0.05, 0.1) is 0 Å². The Hall–Kier alpha value is -2.01. The van der Waals surface area contributed by atoms with Gasteiger partial charge in [0.15, 0.2) is 0 Å². The first-order valence-corrected chi connectivity index (χ1v) is 9.65. The summed E-state index contributed by atoms with van der Waals surface area (Å²) in [6.45, 7) is 0.399. The largest absolute Gasteiger partial charge is 0.488 e. The van der Waals surface area contributed by atoms with Crippen molar-refractivity contribution in [3.8, 4) is 5.75 Å². The SMILES string of the molecule is O=C(OCc1ccc(Br)cc1)c1ccccc1OCc1ccc(Cl)cc1Cl. The Morgan fingerprint density at radius 3 is 2.41 bits per heavy atom. The lowest BCUT2D eigenvalue weighted by molar-refractivity contribution is 0.0467. The van der Waals surface area contributed by atoms with Crippen molar-refractivity contribution in [2.75, 3.05) is 0 Å². The fourth-order valence-electron chi connectivity index (χ4n) is 2.36. The predicted octanol–water partition coefficient (Wildman–Crippen LogP) is 6.69. The van der Waals surface area contributed by atoms with Crippen molar-refractivity contribution in [2.45, 2.75) is 13.2 Å². The average Bonchev–Trinajstić information content (AvgIpc) is 2.67. The lowest BCUT2D eigenvalue weighted by atomic mass is 10.2. The summed E-state index contributed by atoms with van der Waals surface area (Å²) in [5, 5.41) is 1.07. The topological polar surface area (TPSA) is 35.5 Å². The monoisotopic (exact) mass is 464 g/mol. The summed E-state index contributed by atoms with van der Waals surface area (Å²) in [5.74, 6) is -0.0138. The van der Waals surface area contributed by atoms with Gasteiger partial charge in [0.2, 0.25) is 0 Å². The molecule has 27 heavy (non-hydrogen) atoms. The minimum Gasteiger partial charge on any atom is -0.488 e. The van der Waals surface area contributed by atoms with Crippen LogP contribution in [0.25, 0.3) is 0 Å². The Balaban J connectivity index is 1.67. The van der Waals surface area contributed by atoms with Crippen LogP contribution in [0.4, 0.5) is 0 Å². The quantitative estimate of drug-likeness (QED) is 0.380. The first-order valence-electron chi connectivity index (χ1n) is 8.10. The van der Waals surface area contributed by atoms with E-state index < -0.39 is 5.97 Å². The number of halogens is 3. The molecule has 0 saturated heterocycles. The molecule has 0 N–H and O–H groups in total. The highest BCUT2D eigenvalue weighted by molar-refractivity contribution is 9.10. The third-order valence-corrected chi connectivity index (χ3v) is 4.90. The molecule has 0 atom stereocenters. The van der Waals surface area contributed by atoms with Gasteiger partial charge in [-0.3, -0.25) is 0 Å². The highest BCUT2D eigenvalue weighted by Gasteiger charge is 2.14. The fourth-order valence-corrected chi connectivity index (χ4v) is 3.09. The highest BCUT2D eigenvalue weighted by Crippen LogP contribution is 2.25. The summed E-state index contributed by atoms with van der Waals surface area (Å²) in [4.78, 5) is 12.5. The zero-order valence-corrected chi connectivity index (χ0v) is 17.2. The third-order valence-electron chi connectivity index (χ3n) is 3.79. The van der Waals surface area contributed by atoms with E-state index in [9.17, 15) is 4.79 Å². The Labute approximate surface area is 176 Å². The zero-order valence-electron chi connectivity index (χ0n) is 14.1. The molecule has 0 aromatic heterocycles. The Morgan fingerprint density at radius 2 is 1.67 bits per heavy atom. The van der Waals surface area contributed by atoms with Gasteiger partial charge >= 0.3 is 5.97 Å². The van der Waals surface area contributed by atoms with Crippen LogP contribution in [0.15, 0.2) is 71.2 Å². The second kappa shape index (κ2) is 9.27. The third kappa shape index (κ3) is 5.48. The number of esters is 1. The van der Waals surface area contributed by atoms with Gasteiger partial charge in [0, 0.05) is 20.1 Å². The van der Waals surface area contributed by atoms with E-state index in [4.69, 9.17) is 32.7 Å². The molecule has 0 spiro atoms. The summed E-state index contributed by atoms with van der Waals surface area (Å²) in [6, 6.07) is 19.7. The van der Waals surface area contributed by atoms with Gasteiger partial charge in [-0.2, -0.15) is 0 Å². The van der Waals surface area contributed by atoms with Crippen molar-refractivity contribution in [3.05, 3.63) is 97.9 Å². The number of ether oxygens (including phenoxy) is 2. The molecule has 0 aliphatic carbocycles. The summed E-state index contributed by atoms with van der Waals surface area (Å²) in [7, 11) is 0. The van der Waals surface area contributed by atoms with Gasteiger partial charge < -0.3 is 9.47 Å². The smallest absolute Gasteiger partial charge is 0.342 e. The molecule has 0 saturated carbocycles. The van der Waals surface area contributed by atoms with E-state index in [1.807, 2.05) is 24.3 Å². The van der Waals surface area contributed by atoms with Crippen LogP contribution in [0.5, 0.6) is 5.75 Å². The molecule has 6 heteroatoms. The zero-order chi connectivity index (χ0) is 19.2. The number of para-hydroxylation sites is 1. The van der Waals surface area contributed by atoms with Crippen molar-refractivity contribution in [2.24, 2.45) is 0 Å². The molecule has 0 aliphatic heterocycles. The van der Waals surface area contributed by atoms with Crippen molar-refractivity contribution >= 4 is 45.1 Å². The molecule has 0 aliphatic rings. The number of rotatable bonds is 6. The minimum absolute atomic E-state index is 0.184. The maximum Gasteiger partial charge on any atom is 0.342 e. The van der Waals surface area contributed by atoms with Crippen LogP contribution in [0, 0.1) is 0 Å². The summed E-state index contributed by atoms with van der Waals surface area (Å²) in [6.07, 6.45) is 0. The first kappa shape index (κ1) is 19.7. The number of benzene rings is 3. The normalized spacial score (nSPS) is 10.5. The van der Waals surface area contributed by atoms with Crippen molar-refractivity contribution in [1.82, 2.24) is 0 Å². The van der Waals surface area contributed by atoms with Gasteiger partial charge in [-0.25, -0.2) is 4.79 Å². The van der Waals surface area contributed by atoms with Crippen molar-refractivity contribution < 1.29 is 14.3 Å². The lowest BCUT2D eigenvalue weighted by Crippen LogP contribution is -2.08. The summed E-state index contributed by atoms with van der Waals surface area (Å²) in [5.41, 5.74) is 2.04. The van der Waals surface area contributed by atoms with E-state index in [2.05, 4.69) is 15.9 Å². The first-order chi connectivity index (χ1) is 13.0. The van der Waals surface area contributed by atoms with Crippen molar-refractivity contribution in [3.63, 3.8) is 0 Å². The molecule has 0 heterocycles. The van der Waals surface area contributed by atoms with Gasteiger partial charge in [0.1, 0.15) is 24.5 Å². The van der Waals surface area contributed by atoms with E-state index in [0.29, 0.717) is 21.4 Å². The molecule has 3 aromatic rings. The molecule has 0 unspecified atom stereocenters. The maximum atomic E-state index is 12.5. The Morgan fingerprint density at radius 1 is 0.926 bits per heavy atom. The Kier molecular flexibility index (Phi) is 6.78. The van der Waals surface area contributed by atoms with E-state index >= 15 is 0 Å². The molecular formula is C21H15BrCl2O3. The second-order valence-corrected chi connectivity index (χ2v) is 7.48. The minimum atomic E-state index is -0.448. The molecule has 0 fully saturated rings. The Bertz CT molecular complexity index is 942. The molecule has 3 aromatic carbocycles. The van der Waals surface area contributed by atoms with Crippen LogP contribution in [0.3, 0.4) is 0 Å². The molecular weight excluding hydrogens is 451 g/mol. The highest BCUT2D eigenvalue weighted by atomic mass is 79.9. The van der Waals surface area contributed by atoms with Crippen LogP contribution in [-0.2, 0) is 18.0 Å². The van der Waals surface area contributed by atoms with Crippen LogP contribution < -0.4 is 4.74 Å². The number of carbonyl (C=O) groups excluding carboxylic acids is 1. The predicted molar refractivity (Wildman–Crippen MR) is 110 cm³/mol. The standard InChI is InChI=1S/C21H15BrCl2O3/c22-16-8-5-14(6-9-16)12-27-21(25)18-3-1-2-4-20(18)26-13-15-7-10-17(23)11-19(15)24/h1-11H,12-13H2.